The van der Waals surface area contributed by atoms with Crippen molar-refractivity contribution >= 4 is 23.4 Å². The van der Waals surface area contributed by atoms with Crippen molar-refractivity contribution in [1.82, 2.24) is 10.2 Å². The summed E-state index contributed by atoms with van der Waals surface area (Å²) in [7, 11) is 0. The van der Waals surface area contributed by atoms with Crippen molar-refractivity contribution in [1.29, 1.82) is 0 Å². The molecular formula is C24H27ClN2O3. The smallest absolute Gasteiger partial charge is 0.229 e. The second kappa shape index (κ2) is 9.19. The number of fused-ring (bicyclic) bond motifs is 1. The highest BCUT2D eigenvalue weighted by molar-refractivity contribution is 6.30. The lowest BCUT2D eigenvalue weighted by atomic mass is 10.1. The molecule has 1 fully saturated rings. The first kappa shape index (κ1) is 20.9. The van der Waals surface area contributed by atoms with Gasteiger partial charge in [0.2, 0.25) is 11.8 Å². The number of amides is 2. The third-order valence-corrected chi connectivity index (χ3v) is 6.20. The Morgan fingerprint density at radius 1 is 1.10 bits per heavy atom. The van der Waals surface area contributed by atoms with Gasteiger partial charge in [0, 0.05) is 30.5 Å². The molecule has 0 unspecified atom stereocenters. The molecule has 0 aromatic heterocycles. The van der Waals surface area contributed by atoms with Crippen molar-refractivity contribution in [2.24, 2.45) is 0 Å². The standard InChI is InChI=1S/C24H27ClN2O3/c1-2-17-13-16(15-26-21-7-4-18-14-19(25)5-6-20(18)21)3-8-22(17)30-12-11-27-23(28)9-10-24(27)29/h3,5-6,8,13-14,21,26H,2,4,7,9-12,15H2,1H3/t21-/m0/s1. The minimum Gasteiger partial charge on any atom is -0.491 e. The van der Waals surface area contributed by atoms with E-state index < -0.39 is 0 Å². The van der Waals surface area contributed by atoms with Gasteiger partial charge in [-0.3, -0.25) is 14.5 Å². The third kappa shape index (κ3) is 4.52. The Hall–Kier alpha value is -2.37. The van der Waals surface area contributed by atoms with Crippen molar-refractivity contribution in [2.75, 3.05) is 13.2 Å². The van der Waals surface area contributed by atoms with Gasteiger partial charge in [-0.1, -0.05) is 36.7 Å². The Morgan fingerprint density at radius 2 is 1.90 bits per heavy atom. The van der Waals surface area contributed by atoms with Crippen molar-refractivity contribution in [3.8, 4) is 5.75 Å². The summed E-state index contributed by atoms with van der Waals surface area (Å²) in [5, 5.41) is 4.47. The molecule has 0 radical (unpaired) electrons. The summed E-state index contributed by atoms with van der Waals surface area (Å²) in [6, 6.07) is 12.8. The molecule has 2 aromatic carbocycles. The average molecular weight is 427 g/mol. The number of likely N-dealkylation sites (tertiary alicyclic amines) is 1. The number of rotatable bonds is 8. The van der Waals surface area contributed by atoms with Crippen molar-refractivity contribution in [3.63, 3.8) is 0 Å². The van der Waals surface area contributed by atoms with Gasteiger partial charge in [-0.05, 0) is 59.7 Å². The number of benzene rings is 2. The van der Waals surface area contributed by atoms with Gasteiger partial charge in [-0.25, -0.2) is 0 Å². The van der Waals surface area contributed by atoms with E-state index in [9.17, 15) is 9.59 Å². The fraction of sp³-hybridized carbons (Fsp3) is 0.417. The van der Waals surface area contributed by atoms with Crippen LogP contribution in [-0.2, 0) is 29.0 Å². The lowest BCUT2D eigenvalue weighted by Gasteiger charge is -2.17. The first-order chi connectivity index (χ1) is 14.5. The molecule has 1 heterocycles. The molecule has 1 aliphatic carbocycles. The van der Waals surface area contributed by atoms with Crippen molar-refractivity contribution < 1.29 is 14.3 Å². The maximum atomic E-state index is 11.7. The van der Waals surface area contributed by atoms with E-state index in [1.165, 1.54) is 21.6 Å². The van der Waals surface area contributed by atoms with Crippen LogP contribution in [0.5, 0.6) is 5.75 Å². The van der Waals surface area contributed by atoms with E-state index in [0.29, 0.717) is 32.0 Å². The first-order valence-electron chi connectivity index (χ1n) is 10.6. The topological polar surface area (TPSA) is 58.6 Å². The quantitative estimate of drug-likeness (QED) is 0.642. The van der Waals surface area contributed by atoms with Crippen LogP contribution in [0.2, 0.25) is 5.02 Å². The highest BCUT2D eigenvalue weighted by Gasteiger charge is 2.28. The molecule has 2 amide bonds. The molecule has 2 aromatic rings. The summed E-state index contributed by atoms with van der Waals surface area (Å²) in [5.74, 6) is 0.620. The first-order valence-corrected chi connectivity index (χ1v) is 11.0. The molecule has 6 heteroatoms. The summed E-state index contributed by atoms with van der Waals surface area (Å²) >= 11 is 6.11. The second-order valence-electron chi connectivity index (χ2n) is 7.90. The number of ether oxygens (including phenoxy) is 1. The highest BCUT2D eigenvalue weighted by atomic mass is 35.5. The van der Waals surface area contributed by atoms with Crippen LogP contribution in [0, 0.1) is 0 Å². The van der Waals surface area contributed by atoms with Gasteiger partial charge in [0.1, 0.15) is 12.4 Å². The maximum Gasteiger partial charge on any atom is 0.229 e. The van der Waals surface area contributed by atoms with E-state index in [1.807, 2.05) is 12.1 Å². The van der Waals surface area contributed by atoms with Gasteiger partial charge in [0.05, 0.1) is 6.54 Å². The molecule has 4 rings (SSSR count). The van der Waals surface area contributed by atoms with Crippen LogP contribution in [0.25, 0.3) is 0 Å². The van der Waals surface area contributed by atoms with E-state index in [1.54, 1.807) is 0 Å². The summed E-state index contributed by atoms with van der Waals surface area (Å²) in [6.07, 6.45) is 3.64. The Kier molecular flexibility index (Phi) is 6.40. The number of nitrogens with one attached hydrogen (secondary N) is 1. The van der Waals surface area contributed by atoms with Crippen LogP contribution in [0.1, 0.15) is 54.5 Å². The molecule has 158 valence electrons. The lowest BCUT2D eigenvalue weighted by molar-refractivity contribution is -0.138. The molecule has 1 aliphatic heterocycles. The zero-order valence-corrected chi connectivity index (χ0v) is 18.0. The lowest BCUT2D eigenvalue weighted by Crippen LogP contribution is -2.33. The molecule has 1 atom stereocenters. The van der Waals surface area contributed by atoms with Crippen LogP contribution in [0.15, 0.2) is 36.4 Å². The van der Waals surface area contributed by atoms with Crippen LogP contribution in [-0.4, -0.2) is 29.9 Å². The number of halogens is 1. The highest BCUT2D eigenvalue weighted by Crippen LogP contribution is 2.33. The second-order valence-corrected chi connectivity index (χ2v) is 8.33. The number of hydrogen-bond acceptors (Lipinski definition) is 4. The van der Waals surface area contributed by atoms with Crippen LogP contribution >= 0.6 is 11.6 Å². The Morgan fingerprint density at radius 3 is 2.67 bits per heavy atom. The Balaban J connectivity index is 1.33. The summed E-state index contributed by atoms with van der Waals surface area (Å²) in [4.78, 5) is 24.7. The minimum atomic E-state index is -0.100. The van der Waals surface area contributed by atoms with E-state index in [-0.39, 0.29) is 11.8 Å². The predicted octanol–water partition coefficient (Wildman–Crippen LogP) is 4.21. The fourth-order valence-electron chi connectivity index (χ4n) is 4.32. The van der Waals surface area contributed by atoms with Crippen LogP contribution in [0.3, 0.4) is 0 Å². The Labute approximate surface area is 182 Å². The zero-order chi connectivity index (χ0) is 21.1. The summed E-state index contributed by atoms with van der Waals surface area (Å²) in [5.41, 5.74) is 5.03. The minimum absolute atomic E-state index is 0.100. The predicted molar refractivity (Wildman–Crippen MR) is 117 cm³/mol. The number of aryl methyl sites for hydroxylation is 2. The summed E-state index contributed by atoms with van der Waals surface area (Å²) < 4.78 is 5.90. The van der Waals surface area contributed by atoms with Crippen LogP contribution in [0.4, 0.5) is 0 Å². The van der Waals surface area contributed by atoms with E-state index >= 15 is 0 Å². The molecule has 0 saturated carbocycles. The zero-order valence-electron chi connectivity index (χ0n) is 17.2. The Bertz CT molecular complexity index is 943. The monoisotopic (exact) mass is 426 g/mol. The van der Waals surface area contributed by atoms with Gasteiger partial charge in [-0.15, -0.1) is 0 Å². The van der Waals surface area contributed by atoms with E-state index in [2.05, 4.69) is 36.5 Å². The fourth-order valence-corrected chi connectivity index (χ4v) is 4.51. The van der Waals surface area contributed by atoms with Crippen LogP contribution < -0.4 is 10.1 Å². The van der Waals surface area contributed by atoms with Gasteiger partial charge in [-0.2, -0.15) is 0 Å². The average Bonchev–Trinajstić information content (AvgIpc) is 3.29. The van der Waals surface area contributed by atoms with Crippen molar-refractivity contribution in [2.45, 2.75) is 51.6 Å². The van der Waals surface area contributed by atoms with E-state index in [0.717, 1.165) is 42.1 Å². The normalized spacial score (nSPS) is 18.2. The van der Waals surface area contributed by atoms with Crippen molar-refractivity contribution in [3.05, 3.63) is 63.7 Å². The largest absolute Gasteiger partial charge is 0.491 e. The summed E-state index contributed by atoms with van der Waals surface area (Å²) in [6.45, 7) is 3.53. The molecule has 1 saturated heterocycles. The molecule has 0 bridgehead atoms. The van der Waals surface area contributed by atoms with Gasteiger partial charge >= 0.3 is 0 Å². The molecule has 1 N–H and O–H groups in total. The van der Waals surface area contributed by atoms with Gasteiger partial charge < -0.3 is 10.1 Å². The molecule has 2 aliphatic rings. The number of nitrogens with zero attached hydrogens (tertiary/aromatic N) is 1. The van der Waals surface area contributed by atoms with E-state index in [4.69, 9.17) is 16.3 Å². The molecular weight excluding hydrogens is 400 g/mol. The SMILES string of the molecule is CCc1cc(CN[C@H]2CCc3cc(Cl)ccc32)ccc1OCCN1C(=O)CCC1=O. The number of carbonyl (C=O) groups excluding carboxylic acids is 2. The third-order valence-electron chi connectivity index (χ3n) is 5.97. The van der Waals surface area contributed by atoms with Gasteiger partial charge in [0.15, 0.2) is 0 Å². The molecule has 30 heavy (non-hydrogen) atoms. The number of hydrogen-bond donors (Lipinski definition) is 1. The maximum absolute atomic E-state index is 11.7. The number of imide groups is 1. The van der Waals surface area contributed by atoms with Gasteiger partial charge in [0.25, 0.3) is 0 Å². The molecule has 5 nitrogen and oxygen atoms in total. The number of carbonyl (C=O) groups is 2. The molecule has 0 spiro atoms.